The van der Waals surface area contributed by atoms with Crippen LogP contribution in [0.15, 0.2) is 36.7 Å². The fourth-order valence-electron chi connectivity index (χ4n) is 2.52. The second-order valence-corrected chi connectivity index (χ2v) is 4.83. The number of carbonyl (C=O) groups excluding carboxylic acids is 2. The van der Waals surface area contributed by atoms with Gasteiger partial charge < -0.3 is 9.64 Å². The highest BCUT2D eigenvalue weighted by Gasteiger charge is 2.25. The summed E-state index contributed by atoms with van der Waals surface area (Å²) in [5.74, 6) is -0.373. The molecule has 0 N–H and O–H groups in total. The average molecular weight is 285 g/mol. The first-order valence-corrected chi connectivity index (χ1v) is 6.68. The van der Waals surface area contributed by atoms with Crippen molar-refractivity contribution in [1.82, 2.24) is 9.78 Å². The highest BCUT2D eigenvalue weighted by atomic mass is 16.5. The largest absolute Gasteiger partial charge is 0.465 e. The molecule has 0 atom stereocenters. The van der Waals surface area contributed by atoms with Gasteiger partial charge in [0.25, 0.3) is 0 Å². The highest BCUT2D eigenvalue weighted by Crippen LogP contribution is 2.29. The molecule has 2 heterocycles. The number of esters is 1. The van der Waals surface area contributed by atoms with Crippen LogP contribution >= 0.6 is 0 Å². The van der Waals surface area contributed by atoms with E-state index < -0.39 is 0 Å². The maximum absolute atomic E-state index is 12.3. The van der Waals surface area contributed by atoms with Gasteiger partial charge in [-0.1, -0.05) is 0 Å². The lowest BCUT2D eigenvalue weighted by Crippen LogP contribution is -2.32. The zero-order chi connectivity index (χ0) is 14.8. The summed E-state index contributed by atoms with van der Waals surface area (Å²) >= 11 is 0. The SMILES string of the molecule is COC(=O)c1ccc2c(c1)CCN2C(=O)Cn1cccn1. The van der Waals surface area contributed by atoms with E-state index in [0.717, 1.165) is 17.7 Å². The van der Waals surface area contributed by atoms with Crippen LogP contribution in [0.2, 0.25) is 0 Å². The number of methoxy groups -OCH3 is 1. The van der Waals surface area contributed by atoms with Gasteiger partial charge in [0.1, 0.15) is 6.54 Å². The van der Waals surface area contributed by atoms with Crippen LogP contribution < -0.4 is 4.90 Å². The van der Waals surface area contributed by atoms with Crippen LogP contribution in [-0.4, -0.2) is 35.3 Å². The summed E-state index contributed by atoms with van der Waals surface area (Å²) in [7, 11) is 1.36. The Hall–Kier alpha value is -2.63. The van der Waals surface area contributed by atoms with Gasteiger partial charge in [-0.05, 0) is 36.2 Å². The third-order valence-electron chi connectivity index (χ3n) is 3.55. The molecule has 0 aliphatic carbocycles. The first-order chi connectivity index (χ1) is 10.2. The third-order valence-corrected chi connectivity index (χ3v) is 3.55. The van der Waals surface area contributed by atoms with Crippen molar-refractivity contribution in [2.45, 2.75) is 13.0 Å². The van der Waals surface area contributed by atoms with Gasteiger partial charge in [-0.25, -0.2) is 4.79 Å². The average Bonchev–Trinajstić information content (AvgIpc) is 3.14. The third kappa shape index (κ3) is 2.52. The van der Waals surface area contributed by atoms with Crippen LogP contribution in [-0.2, 0) is 22.5 Å². The second-order valence-electron chi connectivity index (χ2n) is 4.83. The zero-order valence-corrected chi connectivity index (χ0v) is 11.7. The molecule has 0 fully saturated rings. The van der Waals surface area contributed by atoms with Gasteiger partial charge in [-0.3, -0.25) is 9.48 Å². The van der Waals surface area contributed by atoms with E-state index in [2.05, 4.69) is 5.10 Å². The molecule has 0 unspecified atom stereocenters. The molecule has 0 bridgehead atoms. The van der Waals surface area contributed by atoms with E-state index in [1.165, 1.54) is 7.11 Å². The number of amides is 1. The van der Waals surface area contributed by atoms with Gasteiger partial charge in [-0.2, -0.15) is 5.10 Å². The maximum atomic E-state index is 12.3. The van der Waals surface area contributed by atoms with E-state index in [4.69, 9.17) is 4.74 Å². The monoisotopic (exact) mass is 285 g/mol. The smallest absolute Gasteiger partial charge is 0.337 e. The minimum atomic E-state index is -0.362. The van der Waals surface area contributed by atoms with Crippen LogP contribution in [0, 0.1) is 0 Å². The van der Waals surface area contributed by atoms with Gasteiger partial charge in [0.05, 0.1) is 12.7 Å². The number of ether oxygens (including phenoxy) is 1. The minimum absolute atomic E-state index is 0.0109. The Kier molecular flexibility index (Phi) is 3.43. The molecule has 1 amide bonds. The predicted octanol–water partition coefficient (Wildman–Crippen LogP) is 1.26. The van der Waals surface area contributed by atoms with Crippen molar-refractivity contribution in [3.8, 4) is 0 Å². The fourth-order valence-corrected chi connectivity index (χ4v) is 2.52. The van der Waals surface area contributed by atoms with Crippen molar-refractivity contribution in [2.75, 3.05) is 18.6 Å². The molecule has 108 valence electrons. The fraction of sp³-hybridized carbons (Fsp3) is 0.267. The molecule has 1 aromatic carbocycles. The molecular weight excluding hydrogens is 270 g/mol. The molecule has 1 aliphatic rings. The van der Waals surface area contributed by atoms with Crippen LogP contribution in [0.3, 0.4) is 0 Å². The van der Waals surface area contributed by atoms with E-state index in [9.17, 15) is 9.59 Å². The van der Waals surface area contributed by atoms with Crippen molar-refractivity contribution in [3.05, 3.63) is 47.8 Å². The summed E-state index contributed by atoms with van der Waals surface area (Å²) in [5.41, 5.74) is 2.36. The number of benzene rings is 1. The Morgan fingerprint density at radius 1 is 1.38 bits per heavy atom. The molecule has 2 aromatic rings. The van der Waals surface area contributed by atoms with Gasteiger partial charge >= 0.3 is 5.97 Å². The summed E-state index contributed by atoms with van der Waals surface area (Å²) in [5, 5.41) is 4.04. The molecule has 21 heavy (non-hydrogen) atoms. The van der Waals surface area contributed by atoms with Gasteiger partial charge in [0.2, 0.25) is 5.91 Å². The van der Waals surface area contributed by atoms with Crippen molar-refractivity contribution in [1.29, 1.82) is 0 Å². The number of hydrogen-bond donors (Lipinski definition) is 0. The Morgan fingerprint density at radius 2 is 2.24 bits per heavy atom. The first-order valence-electron chi connectivity index (χ1n) is 6.68. The second kappa shape index (κ2) is 5.40. The van der Waals surface area contributed by atoms with E-state index in [0.29, 0.717) is 12.1 Å². The maximum Gasteiger partial charge on any atom is 0.337 e. The number of aromatic nitrogens is 2. The Bertz CT molecular complexity index is 679. The molecule has 0 saturated heterocycles. The van der Waals surface area contributed by atoms with Crippen LogP contribution in [0.4, 0.5) is 5.69 Å². The Labute approximate surface area is 121 Å². The van der Waals surface area contributed by atoms with Crippen LogP contribution in [0.1, 0.15) is 15.9 Å². The van der Waals surface area contributed by atoms with Crippen molar-refractivity contribution >= 4 is 17.6 Å². The Morgan fingerprint density at radius 3 is 2.95 bits per heavy atom. The van der Waals surface area contributed by atoms with Crippen LogP contribution in [0.25, 0.3) is 0 Å². The lowest BCUT2D eigenvalue weighted by Gasteiger charge is -2.17. The highest BCUT2D eigenvalue weighted by molar-refractivity contribution is 5.97. The topological polar surface area (TPSA) is 64.4 Å². The molecule has 0 saturated carbocycles. The van der Waals surface area contributed by atoms with E-state index in [1.807, 2.05) is 0 Å². The quantitative estimate of drug-likeness (QED) is 0.796. The van der Waals surface area contributed by atoms with Crippen molar-refractivity contribution in [2.24, 2.45) is 0 Å². The summed E-state index contributed by atoms with van der Waals surface area (Å²) < 4.78 is 6.31. The Balaban J connectivity index is 1.80. The van der Waals surface area contributed by atoms with E-state index in [1.54, 1.807) is 46.2 Å². The number of anilines is 1. The van der Waals surface area contributed by atoms with E-state index >= 15 is 0 Å². The van der Waals surface area contributed by atoms with E-state index in [-0.39, 0.29) is 18.4 Å². The summed E-state index contributed by atoms with van der Waals surface area (Å²) in [4.78, 5) is 25.6. The molecule has 1 aromatic heterocycles. The molecule has 0 spiro atoms. The van der Waals surface area contributed by atoms with Crippen molar-refractivity contribution < 1.29 is 14.3 Å². The summed E-state index contributed by atoms with van der Waals surface area (Å²) in [6, 6.07) is 7.07. The molecule has 1 aliphatic heterocycles. The number of carbonyl (C=O) groups is 2. The number of hydrogen-bond acceptors (Lipinski definition) is 4. The summed E-state index contributed by atoms with van der Waals surface area (Å²) in [6.45, 7) is 0.839. The van der Waals surface area contributed by atoms with Crippen LogP contribution in [0.5, 0.6) is 0 Å². The molecule has 0 radical (unpaired) electrons. The standard InChI is InChI=1S/C15H15N3O3/c1-21-15(20)12-3-4-13-11(9-12)5-8-18(13)14(19)10-17-7-2-6-16-17/h2-4,6-7,9H,5,8,10H2,1H3. The number of nitrogens with zero attached hydrogens (tertiary/aromatic N) is 3. The van der Waals surface area contributed by atoms with Crippen molar-refractivity contribution in [3.63, 3.8) is 0 Å². The normalized spacial score (nSPS) is 13.1. The minimum Gasteiger partial charge on any atom is -0.465 e. The molecule has 3 rings (SSSR count). The summed E-state index contributed by atoms with van der Waals surface area (Å²) in [6.07, 6.45) is 4.15. The molecule has 6 heteroatoms. The number of fused-ring (bicyclic) bond motifs is 1. The van der Waals surface area contributed by atoms with Gasteiger partial charge in [0, 0.05) is 24.6 Å². The molecular formula is C15H15N3O3. The lowest BCUT2D eigenvalue weighted by atomic mass is 10.1. The van der Waals surface area contributed by atoms with Gasteiger partial charge in [0.15, 0.2) is 0 Å². The predicted molar refractivity (Wildman–Crippen MR) is 76.1 cm³/mol. The lowest BCUT2D eigenvalue weighted by molar-refractivity contribution is -0.119. The first kappa shape index (κ1) is 13.4. The zero-order valence-electron chi connectivity index (χ0n) is 11.7. The molecule has 6 nitrogen and oxygen atoms in total. The number of rotatable bonds is 3. The van der Waals surface area contributed by atoms with Gasteiger partial charge in [-0.15, -0.1) is 0 Å².